The molecule has 5 nitrogen and oxygen atoms in total. The van der Waals surface area contributed by atoms with E-state index in [-0.39, 0.29) is 0 Å². The van der Waals surface area contributed by atoms with Gasteiger partial charge in [0, 0.05) is 56.2 Å². The number of hydrogen-bond acceptors (Lipinski definition) is 5. The molecular formula is C55H41BrN4O. The van der Waals surface area contributed by atoms with Gasteiger partial charge in [-0.15, -0.1) is 0 Å². The number of fused-ring (bicyclic) bond motifs is 3. The van der Waals surface area contributed by atoms with Crippen LogP contribution in [0.25, 0.3) is 100 Å². The van der Waals surface area contributed by atoms with Crippen LogP contribution >= 0.6 is 15.9 Å². The van der Waals surface area contributed by atoms with Gasteiger partial charge in [-0.3, -0.25) is 15.0 Å². The highest BCUT2D eigenvalue weighted by Gasteiger charge is 2.23. The molecule has 294 valence electrons. The molecule has 0 radical (unpaired) electrons. The van der Waals surface area contributed by atoms with Crippen LogP contribution in [0.3, 0.4) is 0 Å². The lowest BCUT2D eigenvalue weighted by molar-refractivity contribution is 0.653. The second-order valence-electron chi connectivity index (χ2n) is 15.7. The molecule has 0 amide bonds. The second kappa shape index (κ2) is 15.5. The van der Waals surface area contributed by atoms with Gasteiger partial charge in [-0.05, 0) is 144 Å². The molecule has 5 heterocycles. The summed E-state index contributed by atoms with van der Waals surface area (Å²) in [5.41, 5.74) is 22.3. The first-order valence-electron chi connectivity index (χ1n) is 20.5. The van der Waals surface area contributed by atoms with E-state index >= 15 is 0 Å². The van der Waals surface area contributed by atoms with E-state index in [1.54, 1.807) is 0 Å². The topological polar surface area (TPSA) is 64.7 Å². The maximum Gasteiger partial charge on any atom is 0.227 e. The zero-order valence-electron chi connectivity index (χ0n) is 34.6. The van der Waals surface area contributed by atoms with Gasteiger partial charge in [-0.2, -0.15) is 0 Å². The molecule has 0 saturated carbocycles. The maximum atomic E-state index is 6.33. The van der Waals surface area contributed by atoms with Gasteiger partial charge >= 0.3 is 0 Å². The van der Waals surface area contributed by atoms with Crippen molar-refractivity contribution in [3.8, 4) is 78.3 Å². The molecule has 0 bridgehead atoms. The normalized spacial score (nSPS) is 11.4. The molecule has 0 atom stereocenters. The Morgan fingerprint density at radius 1 is 0.426 bits per heavy atom. The molecule has 0 aliphatic carbocycles. The van der Waals surface area contributed by atoms with Crippen molar-refractivity contribution < 1.29 is 4.42 Å². The molecule has 6 heteroatoms. The van der Waals surface area contributed by atoms with Crippen LogP contribution in [0.15, 0.2) is 167 Å². The van der Waals surface area contributed by atoms with Crippen LogP contribution < -0.4 is 0 Å². The Labute approximate surface area is 364 Å². The predicted molar refractivity (Wildman–Crippen MR) is 254 cm³/mol. The maximum absolute atomic E-state index is 6.33. The van der Waals surface area contributed by atoms with Crippen LogP contribution in [0.5, 0.6) is 0 Å². The van der Waals surface area contributed by atoms with Gasteiger partial charge in [0.2, 0.25) is 5.71 Å². The minimum absolute atomic E-state index is 0.650. The number of pyridine rings is 4. The number of rotatable bonds is 7. The summed E-state index contributed by atoms with van der Waals surface area (Å²) in [6, 6.07) is 48.7. The molecule has 0 saturated heterocycles. The second-order valence-corrected chi connectivity index (χ2v) is 16.6. The van der Waals surface area contributed by atoms with Crippen LogP contribution in [0.4, 0.5) is 0 Å². The molecule has 10 aromatic rings. The quantitative estimate of drug-likeness (QED) is 0.160. The SMILES string of the molecule is Cc1ccc2c(n1)oc1c(-c3ccc(-c4ccccc4-c4c(C)c(C)c(-c5ccccc5-c5cnc(-c6cc(Br)ccn6)cc5-c5ccccc5)c(C)c4C)cn3)cccc12. The summed E-state index contributed by atoms with van der Waals surface area (Å²) in [6.45, 7) is 11.1. The van der Waals surface area contributed by atoms with Crippen molar-refractivity contribution in [1.29, 1.82) is 0 Å². The molecule has 0 fully saturated rings. The van der Waals surface area contributed by atoms with Crippen molar-refractivity contribution in [2.24, 2.45) is 0 Å². The molecule has 10 rings (SSSR count). The zero-order valence-corrected chi connectivity index (χ0v) is 36.2. The summed E-state index contributed by atoms with van der Waals surface area (Å²) in [7, 11) is 0. The Bertz CT molecular complexity index is 3290. The summed E-state index contributed by atoms with van der Waals surface area (Å²) in [6.07, 6.45) is 5.81. The van der Waals surface area contributed by atoms with E-state index in [0.717, 1.165) is 82.5 Å². The van der Waals surface area contributed by atoms with Crippen molar-refractivity contribution in [2.45, 2.75) is 34.6 Å². The zero-order chi connectivity index (χ0) is 41.8. The van der Waals surface area contributed by atoms with Crippen LogP contribution in [0, 0.1) is 34.6 Å². The highest BCUT2D eigenvalue weighted by atomic mass is 79.9. The molecule has 5 aromatic carbocycles. The molecule has 61 heavy (non-hydrogen) atoms. The number of aromatic nitrogens is 4. The van der Waals surface area contributed by atoms with E-state index in [4.69, 9.17) is 14.4 Å². The molecule has 0 N–H and O–H groups in total. The number of para-hydroxylation sites is 1. The van der Waals surface area contributed by atoms with Gasteiger partial charge in [0.15, 0.2) is 0 Å². The Balaban J connectivity index is 1.07. The average Bonchev–Trinajstić information content (AvgIpc) is 3.67. The average molecular weight is 854 g/mol. The number of nitrogens with zero attached hydrogens (tertiary/aromatic N) is 4. The first-order valence-corrected chi connectivity index (χ1v) is 21.3. The van der Waals surface area contributed by atoms with Crippen molar-refractivity contribution in [3.05, 3.63) is 191 Å². The molecule has 0 unspecified atom stereocenters. The largest absolute Gasteiger partial charge is 0.437 e. The number of halogens is 1. The monoisotopic (exact) mass is 852 g/mol. The van der Waals surface area contributed by atoms with Crippen molar-refractivity contribution in [3.63, 3.8) is 0 Å². The fraction of sp³-hybridized carbons (Fsp3) is 0.0909. The van der Waals surface area contributed by atoms with E-state index in [1.807, 2.05) is 43.7 Å². The van der Waals surface area contributed by atoms with Gasteiger partial charge in [-0.25, -0.2) is 4.98 Å². The standard InChI is InChI=1S/C55H41BrN4O/c1-32-22-24-45-44-20-13-21-46(54(44)61-55(45)60-32)49-25-23-38(30-58-49)40-16-9-11-18-42(40)52-33(2)35(4)53(36(5)34(52)3)43-19-12-10-17-41(43)48-31-59-51(50-28-39(56)26-27-57-50)29-47(48)37-14-7-6-8-15-37/h6-31H,1-5H3. The molecule has 0 spiro atoms. The van der Waals surface area contributed by atoms with E-state index in [1.165, 1.54) is 44.5 Å². The van der Waals surface area contributed by atoms with Crippen molar-refractivity contribution in [1.82, 2.24) is 19.9 Å². The number of furan rings is 1. The smallest absolute Gasteiger partial charge is 0.227 e. The summed E-state index contributed by atoms with van der Waals surface area (Å²) >= 11 is 3.62. The Morgan fingerprint density at radius 3 is 1.74 bits per heavy atom. The van der Waals surface area contributed by atoms with E-state index in [2.05, 4.69) is 175 Å². The Kier molecular flexibility index (Phi) is 9.73. The highest BCUT2D eigenvalue weighted by molar-refractivity contribution is 9.10. The fourth-order valence-corrected chi connectivity index (χ4v) is 9.24. The molecule has 0 aliphatic heterocycles. The fourth-order valence-electron chi connectivity index (χ4n) is 8.91. The third kappa shape index (κ3) is 6.74. The van der Waals surface area contributed by atoms with Gasteiger partial charge in [0.25, 0.3) is 0 Å². The van der Waals surface area contributed by atoms with E-state index in [9.17, 15) is 0 Å². The predicted octanol–water partition coefficient (Wildman–Crippen LogP) is 15.1. The third-order valence-electron chi connectivity index (χ3n) is 12.1. The third-order valence-corrected chi connectivity index (χ3v) is 12.6. The summed E-state index contributed by atoms with van der Waals surface area (Å²) < 4.78 is 7.29. The number of aryl methyl sites for hydroxylation is 1. The number of hydrogen-bond donors (Lipinski definition) is 0. The molecular weight excluding hydrogens is 813 g/mol. The van der Waals surface area contributed by atoms with Gasteiger partial charge in [-0.1, -0.05) is 113 Å². The Morgan fingerprint density at radius 2 is 1.05 bits per heavy atom. The molecule has 5 aromatic heterocycles. The van der Waals surface area contributed by atoms with Crippen LogP contribution in [0.2, 0.25) is 0 Å². The summed E-state index contributed by atoms with van der Waals surface area (Å²) in [5, 5.41) is 2.05. The van der Waals surface area contributed by atoms with E-state index < -0.39 is 0 Å². The van der Waals surface area contributed by atoms with Crippen molar-refractivity contribution in [2.75, 3.05) is 0 Å². The lowest BCUT2D eigenvalue weighted by atomic mass is 9.80. The highest BCUT2D eigenvalue weighted by Crippen LogP contribution is 2.46. The van der Waals surface area contributed by atoms with Crippen molar-refractivity contribution >= 4 is 38.0 Å². The van der Waals surface area contributed by atoms with Crippen LogP contribution in [-0.4, -0.2) is 19.9 Å². The first kappa shape index (κ1) is 38.2. The van der Waals surface area contributed by atoms with Crippen LogP contribution in [-0.2, 0) is 0 Å². The minimum Gasteiger partial charge on any atom is -0.437 e. The minimum atomic E-state index is 0.650. The van der Waals surface area contributed by atoms with Gasteiger partial charge in [0.1, 0.15) is 5.58 Å². The summed E-state index contributed by atoms with van der Waals surface area (Å²) in [5.74, 6) is 0. The summed E-state index contributed by atoms with van der Waals surface area (Å²) in [4.78, 5) is 19.3. The van der Waals surface area contributed by atoms with E-state index in [0.29, 0.717) is 5.71 Å². The van der Waals surface area contributed by atoms with Gasteiger partial charge < -0.3 is 4.42 Å². The van der Waals surface area contributed by atoms with Gasteiger partial charge in [0.05, 0.1) is 17.1 Å². The molecule has 0 aliphatic rings. The first-order chi connectivity index (χ1) is 29.7. The Hall–Kier alpha value is -7.02. The number of benzene rings is 5. The van der Waals surface area contributed by atoms with Crippen LogP contribution in [0.1, 0.15) is 27.9 Å². The lowest BCUT2D eigenvalue weighted by Crippen LogP contribution is -2.02. The lowest BCUT2D eigenvalue weighted by Gasteiger charge is -2.24.